The van der Waals surface area contributed by atoms with Crippen molar-refractivity contribution in [2.75, 3.05) is 19.0 Å². The number of anilines is 1. The molecular formula is C20H20N4O2. The minimum absolute atomic E-state index is 0.0503. The van der Waals surface area contributed by atoms with E-state index in [4.69, 9.17) is 9.47 Å². The summed E-state index contributed by atoms with van der Waals surface area (Å²) in [4.78, 5) is 4.34. The largest absolute Gasteiger partial charge is 0.497 e. The molecule has 0 amide bonds. The van der Waals surface area contributed by atoms with Gasteiger partial charge in [0.25, 0.3) is 0 Å². The van der Waals surface area contributed by atoms with Crippen molar-refractivity contribution in [2.45, 2.75) is 13.0 Å². The third kappa shape index (κ3) is 3.01. The van der Waals surface area contributed by atoms with E-state index in [1.807, 2.05) is 48.0 Å². The molecule has 1 N–H and O–H groups in total. The average Bonchev–Trinajstić information content (AvgIpc) is 3.17. The second-order valence-corrected chi connectivity index (χ2v) is 5.91. The Morgan fingerprint density at radius 3 is 2.73 bits per heavy atom. The van der Waals surface area contributed by atoms with Crippen molar-refractivity contribution in [1.82, 2.24) is 14.8 Å². The monoisotopic (exact) mass is 348 g/mol. The van der Waals surface area contributed by atoms with Gasteiger partial charge in [-0.05, 0) is 42.8 Å². The first-order valence-electron chi connectivity index (χ1n) is 8.54. The fourth-order valence-corrected chi connectivity index (χ4v) is 3.06. The minimum atomic E-state index is -0.0503. The van der Waals surface area contributed by atoms with Gasteiger partial charge in [-0.3, -0.25) is 0 Å². The minimum Gasteiger partial charge on any atom is -0.497 e. The van der Waals surface area contributed by atoms with Crippen LogP contribution in [0.1, 0.15) is 24.1 Å². The van der Waals surface area contributed by atoms with Crippen molar-refractivity contribution in [2.24, 2.45) is 0 Å². The van der Waals surface area contributed by atoms with Gasteiger partial charge in [0, 0.05) is 11.3 Å². The molecule has 0 spiro atoms. The molecule has 6 nitrogen and oxygen atoms in total. The van der Waals surface area contributed by atoms with Gasteiger partial charge in [-0.15, -0.1) is 0 Å². The Bertz CT molecular complexity index is 931. The number of allylic oxidation sites excluding steroid dienone is 1. The summed E-state index contributed by atoms with van der Waals surface area (Å²) in [6, 6.07) is 16.0. The maximum absolute atomic E-state index is 5.54. The Hall–Kier alpha value is -3.28. The van der Waals surface area contributed by atoms with Crippen LogP contribution in [-0.2, 0) is 0 Å². The molecule has 1 aliphatic rings. The molecule has 6 heteroatoms. The Labute approximate surface area is 152 Å². The van der Waals surface area contributed by atoms with Gasteiger partial charge >= 0.3 is 0 Å². The number of nitrogens with one attached hydrogen (secondary N) is 1. The van der Waals surface area contributed by atoms with Crippen LogP contribution in [0.3, 0.4) is 0 Å². The lowest BCUT2D eigenvalue weighted by atomic mass is 10.0. The molecule has 0 radical (unpaired) electrons. The zero-order chi connectivity index (χ0) is 17.9. The number of hydrogen-bond acceptors (Lipinski definition) is 5. The van der Waals surface area contributed by atoms with Gasteiger partial charge in [-0.25, -0.2) is 4.68 Å². The zero-order valence-electron chi connectivity index (χ0n) is 14.7. The van der Waals surface area contributed by atoms with Crippen LogP contribution in [0.25, 0.3) is 5.70 Å². The molecule has 0 fully saturated rings. The summed E-state index contributed by atoms with van der Waals surface area (Å²) in [6.45, 7) is 2.63. The second kappa shape index (κ2) is 6.92. The molecule has 3 aromatic rings. The van der Waals surface area contributed by atoms with Gasteiger partial charge in [-0.2, -0.15) is 10.1 Å². The predicted molar refractivity (Wildman–Crippen MR) is 100 cm³/mol. The highest BCUT2D eigenvalue weighted by molar-refractivity contribution is 5.77. The number of ether oxygens (including phenoxy) is 2. The van der Waals surface area contributed by atoms with Crippen molar-refractivity contribution < 1.29 is 9.47 Å². The maximum atomic E-state index is 5.54. The van der Waals surface area contributed by atoms with Gasteiger partial charge in [0.1, 0.15) is 23.9 Å². The molecule has 1 atom stereocenters. The first-order chi connectivity index (χ1) is 12.8. The molecule has 1 aliphatic heterocycles. The quantitative estimate of drug-likeness (QED) is 0.761. The molecule has 1 aromatic heterocycles. The Kier molecular flexibility index (Phi) is 4.31. The number of rotatable bonds is 5. The van der Waals surface area contributed by atoms with Crippen LogP contribution in [-0.4, -0.2) is 28.5 Å². The van der Waals surface area contributed by atoms with Gasteiger partial charge < -0.3 is 14.8 Å². The molecule has 4 rings (SSSR count). The SMILES string of the molecule is CCOc1ccc(C2C=C(c3cccc(OC)c3)Nc3ncnn32)cc1. The molecule has 0 saturated heterocycles. The average molecular weight is 348 g/mol. The van der Waals surface area contributed by atoms with Gasteiger partial charge in [0.05, 0.1) is 13.7 Å². The van der Waals surface area contributed by atoms with Crippen LogP contribution in [0.5, 0.6) is 11.5 Å². The molecule has 1 unspecified atom stereocenters. The summed E-state index contributed by atoms with van der Waals surface area (Å²) in [6.07, 6.45) is 3.71. The highest BCUT2D eigenvalue weighted by Gasteiger charge is 2.23. The standard InChI is InChI=1S/C20H20N4O2/c1-3-26-16-9-7-14(8-10-16)19-12-18(23-20-21-13-22-24(19)20)15-5-4-6-17(11-15)25-2/h4-13,19H,3H2,1-2H3,(H,21,22,23). The van der Waals surface area contributed by atoms with Gasteiger partial charge in [0.15, 0.2) is 0 Å². The second-order valence-electron chi connectivity index (χ2n) is 5.91. The summed E-state index contributed by atoms with van der Waals surface area (Å²) in [5, 5.41) is 7.72. The molecule has 0 aliphatic carbocycles. The third-order valence-corrected chi connectivity index (χ3v) is 4.32. The van der Waals surface area contributed by atoms with Crippen molar-refractivity contribution in [1.29, 1.82) is 0 Å². The van der Waals surface area contributed by atoms with Crippen LogP contribution in [0.4, 0.5) is 5.95 Å². The number of fused-ring (bicyclic) bond motifs is 1. The van der Waals surface area contributed by atoms with E-state index in [0.29, 0.717) is 12.6 Å². The Morgan fingerprint density at radius 1 is 1.12 bits per heavy atom. The number of nitrogens with zero attached hydrogens (tertiary/aromatic N) is 3. The molecule has 2 heterocycles. The molecule has 2 aromatic carbocycles. The lowest BCUT2D eigenvalue weighted by Gasteiger charge is -2.24. The third-order valence-electron chi connectivity index (χ3n) is 4.32. The van der Waals surface area contributed by atoms with E-state index in [1.165, 1.54) is 0 Å². The van der Waals surface area contributed by atoms with Crippen LogP contribution in [0.2, 0.25) is 0 Å². The first-order valence-corrected chi connectivity index (χ1v) is 8.54. The molecule has 132 valence electrons. The summed E-state index contributed by atoms with van der Waals surface area (Å²) in [5.41, 5.74) is 3.12. The Morgan fingerprint density at radius 2 is 1.96 bits per heavy atom. The topological polar surface area (TPSA) is 61.2 Å². The normalized spacial score (nSPS) is 15.6. The zero-order valence-corrected chi connectivity index (χ0v) is 14.7. The first kappa shape index (κ1) is 16.2. The lowest BCUT2D eigenvalue weighted by Crippen LogP contribution is -2.20. The molecular weight excluding hydrogens is 328 g/mol. The van der Waals surface area contributed by atoms with Crippen LogP contribution in [0, 0.1) is 0 Å². The van der Waals surface area contributed by atoms with E-state index in [1.54, 1.807) is 13.4 Å². The van der Waals surface area contributed by atoms with Crippen molar-refractivity contribution in [3.63, 3.8) is 0 Å². The van der Waals surface area contributed by atoms with E-state index in [9.17, 15) is 0 Å². The summed E-state index contributed by atoms with van der Waals surface area (Å²) < 4.78 is 12.8. The highest BCUT2D eigenvalue weighted by Crippen LogP contribution is 2.33. The summed E-state index contributed by atoms with van der Waals surface area (Å²) in [7, 11) is 1.67. The van der Waals surface area contributed by atoms with E-state index >= 15 is 0 Å². The fourth-order valence-electron chi connectivity index (χ4n) is 3.06. The van der Waals surface area contributed by atoms with Gasteiger partial charge in [0.2, 0.25) is 5.95 Å². The smallest absolute Gasteiger partial charge is 0.226 e. The van der Waals surface area contributed by atoms with E-state index in [2.05, 4.69) is 33.6 Å². The van der Waals surface area contributed by atoms with Crippen molar-refractivity contribution in [3.8, 4) is 11.5 Å². The van der Waals surface area contributed by atoms with E-state index < -0.39 is 0 Å². The fraction of sp³-hybridized carbons (Fsp3) is 0.200. The Balaban J connectivity index is 1.73. The molecule has 0 saturated carbocycles. The van der Waals surface area contributed by atoms with Crippen molar-refractivity contribution in [3.05, 3.63) is 72.1 Å². The van der Waals surface area contributed by atoms with Crippen LogP contribution >= 0.6 is 0 Å². The maximum Gasteiger partial charge on any atom is 0.226 e. The van der Waals surface area contributed by atoms with Crippen LogP contribution in [0.15, 0.2) is 60.9 Å². The molecule has 0 bridgehead atoms. The summed E-state index contributed by atoms with van der Waals surface area (Å²) >= 11 is 0. The predicted octanol–water partition coefficient (Wildman–Crippen LogP) is 3.74. The van der Waals surface area contributed by atoms with E-state index in [-0.39, 0.29) is 6.04 Å². The lowest BCUT2D eigenvalue weighted by molar-refractivity contribution is 0.340. The highest BCUT2D eigenvalue weighted by atomic mass is 16.5. The van der Waals surface area contributed by atoms with Gasteiger partial charge in [-0.1, -0.05) is 24.3 Å². The summed E-state index contributed by atoms with van der Waals surface area (Å²) in [5.74, 6) is 2.39. The molecule has 26 heavy (non-hydrogen) atoms. The number of benzene rings is 2. The van der Waals surface area contributed by atoms with E-state index in [0.717, 1.165) is 28.3 Å². The number of aromatic nitrogens is 3. The van der Waals surface area contributed by atoms with Crippen molar-refractivity contribution >= 4 is 11.6 Å². The number of methoxy groups -OCH3 is 1. The number of hydrogen-bond donors (Lipinski definition) is 1. The van der Waals surface area contributed by atoms with Crippen LogP contribution < -0.4 is 14.8 Å².